The van der Waals surface area contributed by atoms with Crippen molar-refractivity contribution in [3.8, 4) is 0 Å². The van der Waals surface area contributed by atoms with Crippen molar-refractivity contribution in [3.05, 3.63) is 45.2 Å². The van der Waals surface area contributed by atoms with Crippen molar-refractivity contribution in [2.45, 2.75) is 6.54 Å². The summed E-state index contributed by atoms with van der Waals surface area (Å²) >= 11 is 7.44. The van der Waals surface area contributed by atoms with Gasteiger partial charge in [0.25, 0.3) is 5.91 Å². The van der Waals surface area contributed by atoms with E-state index in [-0.39, 0.29) is 5.91 Å². The number of carbonyl (C=O) groups is 1. The van der Waals surface area contributed by atoms with Crippen molar-refractivity contribution in [3.63, 3.8) is 0 Å². The third-order valence-electron chi connectivity index (χ3n) is 2.98. The highest BCUT2D eigenvalue weighted by molar-refractivity contribution is 7.12. The van der Waals surface area contributed by atoms with E-state index in [0.717, 1.165) is 10.9 Å². The molecule has 5 nitrogen and oxygen atoms in total. The summed E-state index contributed by atoms with van der Waals surface area (Å²) < 4.78 is 0. The average molecular weight is 307 g/mol. The number of fused-ring (bicyclic) bond motifs is 1. The number of anilines is 1. The molecule has 20 heavy (non-hydrogen) atoms. The molecule has 0 aliphatic heterocycles. The number of hydrogen-bond donors (Lipinski definition) is 3. The number of nitrogens with one attached hydrogen (secondary N) is 2. The third-order valence-corrected chi connectivity index (χ3v) is 4.27. The Morgan fingerprint density at radius 1 is 1.45 bits per heavy atom. The van der Waals surface area contributed by atoms with Gasteiger partial charge in [0.05, 0.1) is 27.3 Å². The lowest BCUT2D eigenvalue weighted by Gasteiger charge is -2.07. The molecule has 7 heteroatoms. The highest BCUT2D eigenvalue weighted by atomic mass is 35.5. The van der Waals surface area contributed by atoms with E-state index >= 15 is 0 Å². The number of hydrogen-bond acceptors (Lipinski definition) is 4. The van der Waals surface area contributed by atoms with Gasteiger partial charge in [0.2, 0.25) is 0 Å². The van der Waals surface area contributed by atoms with Crippen LogP contribution in [0.4, 0.5) is 5.69 Å². The number of amides is 1. The molecule has 0 radical (unpaired) electrons. The van der Waals surface area contributed by atoms with Crippen molar-refractivity contribution < 1.29 is 4.79 Å². The number of aromatic nitrogens is 2. The Hall–Kier alpha value is -1.89. The Morgan fingerprint density at radius 2 is 2.30 bits per heavy atom. The molecular formula is C13H11ClN4OS. The van der Waals surface area contributed by atoms with E-state index in [2.05, 4.69) is 15.5 Å². The van der Waals surface area contributed by atoms with Crippen molar-refractivity contribution in [2.75, 3.05) is 5.32 Å². The van der Waals surface area contributed by atoms with E-state index in [9.17, 15) is 4.79 Å². The molecule has 0 saturated heterocycles. The molecule has 0 spiro atoms. The Labute approximate surface area is 123 Å². The van der Waals surface area contributed by atoms with Gasteiger partial charge < -0.3 is 11.1 Å². The smallest absolute Gasteiger partial charge is 0.266 e. The zero-order valence-corrected chi connectivity index (χ0v) is 11.9. The summed E-state index contributed by atoms with van der Waals surface area (Å²) in [6.07, 6.45) is 1.63. The van der Waals surface area contributed by atoms with Gasteiger partial charge in [-0.15, -0.1) is 11.3 Å². The summed E-state index contributed by atoms with van der Waals surface area (Å²) in [6, 6.07) is 5.33. The summed E-state index contributed by atoms with van der Waals surface area (Å²) in [4.78, 5) is 12.9. The molecule has 3 rings (SSSR count). The summed E-state index contributed by atoms with van der Waals surface area (Å²) in [5, 5.41) is 12.9. The first-order chi connectivity index (χ1) is 9.70. The predicted molar refractivity (Wildman–Crippen MR) is 81.3 cm³/mol. The van der Waals surface area contributed by atoms with Crippen LogP contribution in [0.25, 0.3) is 10.9 Å². The number of halogens is 1. The monoisotopic (exact) mass is 306 g/mol. The van der Waals surface area contributed by atoms with Gasteiger partial charge in [-0.05, 0) is 29.1 Å². The van der Waals surface area contributed by atoms with E-state index in [1.807, 2.05) is 11.4 Å². The minimum absolute atomic E-state index is 0.182. The number of benzene rings is 1. The van der Waals surface area contributed by atoms with Crippen LogP contribution in [0.3, 0.4) is 0 Å². The number of H-pyrrole nitrogens is 1. The van der Waals surface area contributed by atoms with Gasteiger partial charge in [0.1, 0.15) is 0 Å². The minimum Gasteiger partial charge on any atom is -0.326 e. The van der Waals surface area contributed by atoms with Gasteiger partial charge in [-0.3, -0.25) is 9.89 Å². The molecule has 4 N–H and O–H groups in total. The SMILES string of the molecule is NCc1ccsc1C(=O)Nc1ccc(Cl)c2cn[nH]c12. The molecule has 1 amide bonds. The predicted octanol–water partition coefficient (Wildman–Crippen LogP) is 2.99. The van der Waals surface area contributed by atoms with E-state index in [4.69, 9.17) is 17.3 Å². The fourth-order valence-electron chi connectivity index (χ4n) is 1.98. The van der Waals surface area contributed by atoms with Crippen LogP contribution in [0.2, 0.25) is 5.02 Å². The van der Waals surface area contributed by atoms with E-state index < -0.39 is 0 Å². The van der Waals surface area contributed by atoms with Crippen LogP contribution >= 0.6 is 22.9 Å². The number of nitrogens with two attached hydrogens (primary N) is 1. The van der Waals surface area contributed by atoms with Crippen molar-refractivity contribution in [1.82, 2.24) is 10.2 Å². The molecule has 3 aromatic rings. The maximum absolute atomic E-state index is 12.3. The number of carbonyl (C=O) groups excluding carboxylic acids is 1. The number of aromatic amines is 1. The molecule has 0 aliphatic carbocycles. The van der Waals surface area contributed by atoms with Crippen LogP contribution in [0.1, 0.15) is 15.2 Å². The Bertz CT molecular complexity index is 780. The number of thiophene rings is 1. The fourth-order valence-corrected chi connectivity index (χ4v) is 3.02. The molecule has 0 aliphatic rings. The molecule has 0 saturated carbocycles. The maximum atomic E-state index is 12.3. The van der Waals surface area contributed by atoms with Crippen molar-refractivity contribution in [2.24, 2.45) is 5.73 Å². The second-order valence-corrected chi connectivity index (χ2v) is 5.51. The van der Waals surface area contributed by atoms with Crippen LogP contribution in [0, 0.1) is 0 Å². The quantitative estimate of drug-likeness (QED) is 0.695. The molecule has 102 valence electrons. The second-order valence-electron chi connectivity index (χ2n) is 4.19. The van der Waals surface area contributed by atoms with E-state index in [1.54, 1.807) is 18.3 Å². The van der Waals surface area contributed by atoms with Gasteiger partial charge in [-0.2, -0.15) is 5.10 Å². The summed E-state index contributed by atoms with van der Waals surface area (Å²) in [7, 11) is 0. The Balaban J connectivity index is 1.96. The van der Waals surface area contributed by atoms with E-state index in [0.29, 0.717) is 27.6 Å². The minimum atomic E-state index is -0.182. The van der Waals surface area contributed by atoms with Crippen molar-refractivity contribution >= 4 is 45.4 Å². The molecular weight excluding hydrogens is 296 g/mol. The summed E-state index contributed by atoms with van der Waals surface area (Å²) in [5.74, 6) is -0.182. The zero-order valence-electron chi connectivity index (χ0n) is 10.3. The molecule has 0 atom stereocenters. The maximum Gasteiger partial charge on any atom is 0.266 e. The first-order valence-electron chi connectivity index (χ1n) is 5.90. The van der Waals surface area contributed by atoms with Gasteiger partial charge in [-0.25, -0.2) is 0 Å². The summed E-state index contributed by atoms with van der Waals surface area (Å²) in [6.45, 7) is 0.340. The standard InChI is InChI=1S/C13H11ClN4OS/c14-9-1-2-10(11-8(9)6-16-18-11)17-13(19)12-7(5-15)3-4-20-12/h1-4,6H,5,15H2,(H,16,18)(H,17,19). The van der Waals surface area contributed by atoms with Crippen LogP contribution in [0.15, 0.2) is 29.8 Å². The Morgan fingerprint density at radius 3 is 3.10 bits per heavy atom. The van der Waals surface area contributed by atoms with Crippen LogP contribution < -0.4 is 11.1 Å². The van der Waals surface area contributed by atoms with Gasteiger partial charge >= 0.3 is 0 Å². The van der Waals surface area contributed by atoms with Crippen LogP contribution in [-0.4, -0.2) is 16.1 Å². The van der Waals surface area contributed by atoms with Crippen LogP contribution in [0.5, 0.6) is 0 Å². The molecule has 1 aromatic carbocycles. The number of rotatable bonds is 3. The second kappa shape index (κ2) is 5.24. The topological polar surface area (TPSA) is 83.8 Å². The lowest BCUT2D eigenvalue weighted by Crippen LogP contribution is -2.13. The Kier molecular flexibility index (Phi) is 3.43. The molecule has 2 aromatic heterocycles. The lowest BCUT2D eigenvalue weighted by molar-refractivity contribution is 0.103. The summed E-state index contributed by atoms with van der Waals surface area (Å²) in [5.41, 5.74) is 7.80. The van der Waals surface area contributed by atoms with Crippen LogP contribution in [-0.2, 0) is 6.54 Å². The van der Waals surface area contributed by atoms with E-state index in [1.165, 1.54) is 11.3 Å². The fraction of sp³-hybridized carbons (Fsp3) is 0.0769. The van der Waals surface area contributed by atoms with Crippen molar-refractivity contribution in [1.29, 1.82) is 0 Å². The number of nitrogens with zero attached hydrogens (tertiary/aromatic N) is 1. The third kappa shape index (κ3) is 2.18. The average Bonchev–Trinajstić information content (AvgIpc) is 3.09. The zero-order chi connectivity index (χ0) is 14.1. The highest BCUT2D eigenvalue weighted by Gasteiger charge is 2.15. The first kappa shape index (κ1) is 13.1. The first-order valence-corrected chi connectivity index (χ1v) is 7.16. The van der Waals surface area contributed by atoms with Gasteiger partial charge in [0.15, 0.2) is 0 Å². The van der Waals surface area contributed by atoms with Gasteiger partial charge in [0, 0.05) is 11.9 Å². The lowest BCUT2D eigenvalue weighted by atomic mass is 10.2. The molecule has 0 unspecified atom stereocenters. The molecule has 0 bridgehead atoms. The highest BCUT2D eigenvalue weighted by Crippen LogP contribution is 2.28. The molecule has 0 fully saturated rings. The molecule has 2 heterocycles. The normalized spacial score (nSPS) is 10.9. The van der Waals surface area contributed by atoms with Gasteiger partial charge in [-0.1, -0.05) is 11.6 Å². The largest absolute Gasteiger partial charge is 0.326 e.